The molecule has 1 aromatic carbocycles. The summed E-state index contributed by atoms with van der Waals surface area (Å²) in [6.07, 6.45) is 5.33. The minimum atomic E-state index is 0.690. The second-order valence-electron chi connectivity index (χ2n) is 3.11. The molecule has 0 spiro atoms. The molecule has 1 aromatic heterocycles. The number of benzene rings is 1. The fourth-order valence-electron chi connectivity index (χ4n) is 1.33. The summed E-state index contributed by atoms with van der Waals surface area (Å²) in [7, 11) is 0. The maximum absolute atomic E-state index is 5.14. The summed E-state index contributed by atoms with van der Waals surface area (Å²) >= 11 is 0. The molecule has 0 amide bonds. The molecule has 1 heterocycles. The second kappa shape index (κ2) is 4.55. The predicted octanol–water partition coefficient (Wildman–Crippen LogP) is 2.64. The molecule has 0 radical (unpaired) electrons. The Kier molecular flexibility index (Phi) is 2.93. The van der Waals surface area contributed by atoms with Crippen LogP contribution < -0.4 is 0 Å². The smallest absolute Gasteiger partial charge is 0.0930 e. The number of hydrogen-bond acceptors (Lipinski definition) is 3. The summed E-state index contributed by atoms with van der Waals surface area (Å²) in [6.45, 7) is 2.65. The lowest BCUT2D eigenvalue weighted by atomic mass is 10.1. The molecule has 3 nitrogen and oxygen atoms in total. The quantitative estimate of drug-likeness (QED) is 0.714. The Bertz CT molecular complexity index is 480. The summed E-state index contributed by atoms with van der Waals surface area (Å²) in [6, 6.07) is 7.94. The van der Waals surface area contributed by atoms with Gasteiger partial charge >= 0.3 is 0 Å². The van der Waals surface area contributed by atoms with Gasteiger partial charge in [0.05, 0.1) is 24.6 Å². The van der Waals surface area contributed by atoms with Crippen molar-refractivity contribution < 1.29 is 4.74 Å². The van der Waals surface area contributed by atoms with Crippen molar-refractivity contribution in [3.05, 3.63) is 42.3 Å². The highest BCUT2D eigenvalue weighted by molar-refractivity contribution is 5.80. The highest BCUT2D eigenvalue weighted by atomic mass is 16.5. The van der Waals surface area contributed by atoms with Crippen molar-refractivity contribution in [2.75, 3.05) is 6.61 Å². The topological polar surface area (TPSA) is 35.0 Å². The minimum absolute atomic E-state index is 0.690. The van der Waals surface area contributed by atoms with Gasteiger partial charge in [-0.1, -0.05) is 6.07 Å². The van der Waals surface area contributed by atoms with E-state index in [9.17, 15) is 0 Å². The number of aromatic nitrogens is 2. The van der Waals surface area contributed by atoms with Gasteiger partial charge < -0.3 is 4.74 Å². The first-order valence-electron chi connectivity index (χ1n) is 4.90. The molecule has 76 valence electrons. The van der Waals surface area contributed by atoms with Crippen molar-refractivity contribution in [2.45, 2.75) is 6.92 Å². The fourth-order valence-corrected chi connectivity index (χ4v) is 1.33. The highest BCUT2D eigenvalue weighted by Gasteiger charge is 1.94. The van der Waals surface area contributed by atoms with Crippen molar-refractivity contribution in [3.63, 3.8) is 0 Å². The van der Waals surface area contributed by atoms with Crippen LogP contribution in [-0.4, -0.2) is 16.8 Å². The largest absolute Gasteiger partial charge is 0.501 e. The molecule has 2 aromatic rings. The summed E-state index contributed by atoms with van der Waals surface area (Å²) in [5.74, 6) is 0. The van der Waals surface area contributed by atoms with Crippen molar-refractivity contribution in [3.8, 4) is 0 Å². The van der Waals surface area contributed by atoms with E-state index in [0.717, 1.165) is 16.5 Å². The molecule has 0 N–H and O–H groups in total. The SMILES string of the molecule is CCO/C=C/c1ccc2nnccc2c1. The van der Waals surface area contributed by atoms with Crippen molar-refractivity contribution in [2.24, 2.45) is 0 Å². The van der Waals surface area contributed by atoms with Crippen LogP contribution in [0.3, 0.4) is 0 Å². The zero-order chi connectivity index (χ0) is 10.5. The Labute approximate surface area is 88.4 Å². The normalized spacial score (nSPS) is 11.0. The molecule has 0 unspecified atom stereocenters. The summed E-state index contributed by atoms with van der Waals surface area (Å²) in [4.78, 5) is 0. The zero-order valence-electron chi connectivity index (χ0n) is 8.55. The lowest BCUT2D eigenvalue weighted by Gasteiger charge is -1.97. The van der Waals surface area contributed by atoms with Gasteiger partial charge in [-0.15, -0.1) is 0 Å². The van der Waals surface area contributed by atoms with Crippen LogP contribution in [-0.2, 0) is 4.74 Å². The standard InChI is InChI=1S/C12H12N2O/c1-2-15-8-6-10-3-4-12-11(9-10)5-7-13-14-12/h3-9H,2H2,1H3/b8-6+. The molecule has 2 rings (SSSR count). The average Bonchev–Trinajstić information content (AvgIpc) is 2.29. The lowest BCUT2D eigenvalue weighted by Crippen LogP contribution is -1.83. The lowest BCUT2D eigenvalue weighted by molar-refractivity contribution is 0.272. The van der Waals surface area contributed by atoms with Crippen LogP contribution >= 0.6 is 0 Å². The number of ether oxygens (including phenoxy) is 1. The Morgan fingerprint density at radius 1 is 1.33 bits per heavy atom. The number of nitrogens with zero attached hydrogens (tertiary/aromatic N) is 2. The van der Waals surface area contributed by atoms with Crippen LogP contribution in [0.2, 0.25) is 0 Å². The zero-order valence-corrected chi connectivity index (χ0v) is 8.55. The van der Waals surface area contributed by atoms with E-state index in [1.54, 1.807) is 12.5 Å². The van der Waals surface area contributed by atoms with Crippen LogP contribution in [0.1, 0.15) is 12.5 Å². The third kappa shape index (κ3) is 2.31. The molecule has 15 heavy (non-hydrogen) atoms. The van der Waals surface area contributed by atoms with Gasteiger partial charge in [-0.2, -0.15) is 10.2 Å². The maximum atomic E-state index is 5.14. The van der Waals surface area contributed by atoms with Crippen LogP contribution in [0.4, 0.5) is 0 Å². The molecular formula is C12H12N2O. The summed E-state index contributed by atoms with van der Waals surface area (Å²) in [5.41, 5.74) is 2.01. The van der Waals surface area contributed by atoms with Gasteiger partial charge in [0.2, 0.25) is 0 Å². The molecule has 0 aliphatic rings. The van der Waals surface area contributed by atoms with Crippen molar-refractivity contribution >= 4 is 17.0 Å². The van der Waals surface area contributed by atoms with Crippen LogP contribution in [0, 0.1) is 0 Å². The molecule has 0 saturated heterocycles. The van der Waals surface area contributed by atoms with Gasteiger partial charge in [0.25, 0.3) is 0 Å². The first kappa shape index (κ1) is 9.65. The monoisotopic (exact) mass is 200 g/mol. The predicted molar refractivity (Wildman–Crippen MR) is 60.2 cm³/mol. The highest BCUT2D eigenvalue weighted by Crippen LogP contribution is 2.13. The number of hydrogen-bond donors (Lipinski definition) is 0. The van der Waals surface area contributed by atoms with E-state index >= 15 is 0 Å². The van der Waals surface area contributed by atoms with E-state index in [4.69, 9.17) is 4.74 Å². The molecule has 0 bridgehead atoms. The van der Waals surface area contributed by atoms with E-state index in [2.05, 4.69) is 16.3 Å². The van der Waals surface area contributed by atoms with E-state index in [1.807, 2.05) is 31.2 Å². The Hall–Kier alpha value is -1.90. The molecule has 0 atom stereocenters. The van der Waals surface area contributed by atoms with E-state index in [1.165, 1.54) is 0 Å². The first-order chi connectivity index (χ1) is 7.40. The molecule has 3 heteroatoms. The molecule has 0 aliphatic heterocycles. The molecular weight excluding hydrogens is 188 g/mol. The van der Waals surface area contributed by atoms with Gasteiger partial charge in [-0.25, -0.2) is 0 Å². The van der Waals surface area contributed by atoms with Crippen molar-refractivity contribution in [1.82, 2.24) is 10.2 Å². The Balaban J connectivity index is 2.30. The summed E-state index contributed by atoms with van der Waals surface area (Å²) in [5, 5.41) is 8.93. The van der Waals surface area contributed by atoms with Gasteiger partial charge in [0.15, 0.2) is 0 Å². The van der Waals surface area contributed by atoms with Crippen molar-refractivity contribution in [1.29, 1.82) is 0 Å². The summed E-state index contributed by atoms with van der Waals surface area (Å²) < 4.78 is 5.14. The van der Waals surface area contributed by atoms with E-state index < -0.39 is 0 Å². The molecule has 0 fully saturated rings. The molecule has 0 saturated carbocycles. The van der Waals surface area contributed by atoms with Crippen LogP contribution in [0.25, 0.3) is 17.0 Å². The Morgan fingerprint density at radius 3 is 3.13 bits per heavy atom. The van der Waals surface area contributed by atoms with Gasteiger partial charge in [-0.05, 0) is 36.8 Å². The Morgan fingerprint density at radius 2 is 2.27 bits per heavy atom. The third-order valence-electron chi connectivity index (χ3n) is 2.06. The average molecular weight is 200 g/mol. The van der Waals surface area contributed by atoms with E-state index in [0.29, 0.717) is 6.61 Å². The van der Waals surface area contributed by atoms with Gasteiger partial charge in [-0.3, -0.25) is 0 Å². The maximum Gasteiger partial charge on any atom is 0.0930 e. The molecule has 0 aliphatic carbocycles. The number of fused-ring (bicyclic) bond motifs is 1. The van der Waals surface area contributed by atoms with Crippen LogP contribution in [0.5, 0.6) is 0 Å². The number of rotatable bonds is 3. The second-order valence-corrected chi connectivity index (χ2v) is 3.11. The van der Waals surface area contributed by atoms with Crippen LogP contribution in [0.15, 0.2) is 36.7 Å². The minimum Gasteiger partial charge on any atom is -0.501 e. The third-order valence-corrected chi connectivity index (χ3v) is 2.06. The first-order valence-corrected chi connectivity index (χ1v) is 4.90. The van der Waals surface area contributed by atoms with E-state index in [-0.39, 0.29) is 0 Å². The van der Waals surface area contributed by atoms with Gasteiger partial charge in [0, 0.05) is 5.39 Å². The fraction of sp³-hybridized carbons (Fsp3) is 0.167. The van der Waals surface area contributed by atoms with Gasteiger partial charge in [0.1, 0.15) is 0 Å².